The van der Waals surface area contributed by atoms with Gasteiger partial charge in [0.25, 0.3) is 0 Å². The van der Waals surface area contributed by atoms with Gasteiger partial charge in [0.1, 0.15) is 0 Å². The van der Waals surface area contributed by atoms with Gasteiger partial charge in [0.2, 0.25) is 0 Å². The van der Waals surface area contributed by atoms with Crippen LogP contribution in [0.25, 0.3) is 44.5 Å². The van der Waals surface area contributed by atoms with Gasteiger partial charge in [-0.1, -0.05) is 60.7 Å². The summed E-state index contributed by atoms with van der Waals surface area (Å²) in [5.74, 6) is -0.887. The second-order valence-electron chi connectivity index (χ2n) is 5.93. The van der Waals surface area contributed by atoms with E-state index in [4.69, 9.17) is 0 Å². The summed E-state index contributed by atoms with van der Waals surface area (Å²) in [6, 6.07) is 18.0. The van der Waals surface area contributed by atoms with E-state index in [0.29, 0.717) is 5.56 Å². The second-order valence-corrected chi connectivity index (χ2v) is 5.93. The molecule has 108 valence electrons. The van der Waals surface area contributed by atoms with Crippen molar-refractivity contribution in [2.24, 2.45) is 0 Å². The van der Waals surface area contributed by atoms with Gasteiger partial charge in [0.15, 0.2) is 0 Å². The molecular weight excluding hydrogens is 284 g/mol. The summed E-state index contributed by atoms with van der Waals surface area (Å²) in [6.07, 6.45) is 4.27. The Morgan fingerprint density at radius 2 is 1.26 bits per heavy atom. The zero-order valence-electron chi connectivity index (χ0n) is 12.2. The molecule has 1 N–H and O–H groups in total. The van der Waals surface area contributed by atoms with E-state index in [1.807, 2.05) is 24.3 Å². The predicted octanol–water partition coefficient (Wildman–Crippen LogP) is 5.33. The van der Waals surface area contributed by atoms with E-state index in [2.05, 4.69) is 36.4 Å². The maximum Gasteiger partial charge on any atom is 0.336 e. The lowest BCUT2D eigenvalue weighted by molar-refractivity contribution is 0.0699. The van der Waals surface area contributed by atoms with Crippen LogP contribution in [0, 0.1) is 0 Å². The molecule has 2 heteroatoms. The Hall–Kier alpha value is -3.13. The summed E-state index contributed by atoms with van der Waals surface area (Å²) in [5.41, 5.74) is 2.93. The molecule has 23 heavy (non-hydrogen) atoms. The van der Waals surface area contributed by atoms with Gasteiger partial charge in [-0.2, -0.15) is 0 Å². The van der Waals surface area contributed by atoms with E-state index < -0.39 is 5.97 Å². The van der Waals surface area contributed by atoms with Gasteiger partial charge >= 0.3 is 5.97 Å². The molecule has 0 aromatic heterocycles. The molecule has 0 heterocycles. The summed E-state index contributed by atoms with van der Waals surface area (Å²) in [6.45, 7) is 0. The number of aromatic carboxylic acids is 1. The Morgan fingerprint density at radius 1 is 0.652 bits per heavy atom. The van der Waals surface area contributed by atoms with E-state index in [1.165, 1.54) is 27.3 Å². The van der Waals surface area contributed by atoms with Crippen LogP contribution < -0.4 is 0 Å². The first kappa shape index (κ1) is 12.4. The highest BCUT2D eigenvalue weighted by Crippen LogP contribution is 2.37. The van der Waals surface area contributed by atoms with Crippen molar-refractivity contribution in [2.75, 3.05) is 0 Å². The highest BCUT2D eigenvalue weighted by atomic mass is 16.4. The molecule has 0 radical (unpaired) electrons. The number of hydrogen-bond donors (Lipinski definition) is 1. The van der Waals surface area contributed by atoms with Crippen LogP contribution in [-0.4, -0.2) is 11.1 Å². The van der Waals surface area contributed by atoms with Crippen LogP contribution in [0.15, 0.2) is 54.6 Å². The molecule has 0 spiro atoms. The van der Waals surface area contributed by atoms with Crippen LogP contribution in [0.4, 0.5) is 0 Å². The van der Waals surface area contributed by atoms with E-state index in [-0.39, 0.29) is 0 Å². The molecule has 5 rings (SSSR count). The van der Waals surface area contributed by atoms with Crippen LogP contribution in [0.1, 0.15) is 21.5 Å². The Labute approximate surface area is 132 Å². The third-order valence-corrected chi connectivity index (χ3v) is 4.79. The van der Waals surface area contributed by atoms with Gasteiger partial charge in [-0.25, -0.2) is 4.79 Å². The third-order valence-electron chi connectivity index (χ3n) is 4.79. The molecule has 1 aliphatic carbocycles. The maximum atomic E-state index is 11.4. The number of fused-ring (bicyclic) bond motifs is 7. The van der Waals surface area contributed by atoms with Crippen LogP contribution in [-0.2, 0) is 0 Å². The molecular formula is C21H12O2. The molecule has 0 bridgehead atoms. The normalized spacial score (nSPS) is 12.5. The maximum absolute atomic E-state index is 11.4. The fourth-order valence-electron chi connectivity index (χ4n) is 3.62. The summed E-state index contributed by atoms with van der Waals surface area (Å²) in [7, 11) is 0. The van der Waals surface area contributed by atoms with E-state index in [0.717, 1.165) is 16.2 Å². The molecule has 0 saturated heterocycles. The van der Waals surface area contributed by atoms with E-state index in [9.17, 15) is 9.90 Å². The first-order chi connectivity index (χ1) is 11.2. The molecule has 0 atom stereocenters. The van der Waals surface area contributed by atoms with E-state index >= 15 is 0 Å². The average molecular weight is 296 g/mol. The fourth-order valence-corrected chi connectivity index (χ4v) is 3.62. The molecule has 2 nitrogen and oxygen atoms in total. The molecule has 0 saturated carbocycles. The lowest BCUT2D eigenvalue weighted by atomic mass is 9.88. The van der Waals surface area contributed by atoms with Crippen LogP contribution in [0.5, 0.6) is 0 Å². The number of rotatable bonds is 1. The van der Waals surface area contributed by atoms with E-state index in [1.54, 1.807) is 6.07 Å². The van der Waals surface area contributed by atoms with Gasteiger partial charge in [0.05, 0.1) is 5.56 Å². The smallest absolute Gasteiger partial charge is 0.336 e. The second kappa shape index (κ2) is 4.20. The Kier molecular flexibility index (Phi) is 2.27. The van der Waals surface area contributed by atoms with Crippen LogP contribution >= 0.6 is 0 Å². The standard InChI is InChI=1S/C21H12O2/c22-21(23)20-3-1-2-14-17-9-8-15-13-6-4-12(13)5-7-16(15)18(17)10-11-19(14)20/h1-11H,(H,22,23). The number of carbonyl (C=O) groups is 1. The van der Waals surface area contributed by atoms with Crippen molar-refractivity contribution in [1.29, 1.82) is 0 Å². The van der Waals surface area contributed by atoms with Gasteiger partial charge in [-0.05, 0) is 49.5 Å². The number of hydrogen-bond acceptors (Lipinski definition) is 1. The molecule has 0 amide bonds. The summed E-state index contributed by atoms with van der Waals surface area (Å²) < 4.78 is 0. The minimum atomic E-state index is -0.887. The monoisotopic (exact) mass is 296 g/mol. The summed E-state index contributed by atoms with van der Waals surface area (Å²) >= 11 is 0. The van der Waals surface area contributed by atoms with Crippen LogP contribution in [0.3, 0.4) is 0 Å². The number of carboxylic acids is 1. The Bertz CT molecular complexity index is 1180. The largest absolute Gasteiger partial charge is 0.478 e. The quantitative estimate of drug-likeness (QED) is 0.425. The highest BCUT2D eigenvalue weighted by Gasteiger charge is 2.14. The molecule has 0 aliphatic heterocycles. The van der Waals surface area contributed by atoms with Crippen molar-refractivity contribution in [3.8, 4) is 0 Å². The van der Waals surface area contributed by atoms with Crippen molar-refractivity contribution in [3.63, 3.8) is 0 Å². The SMILES string of the molecule is O=C(O)c1cccc2c1ccc1c3ccc4c(c3ccc21)C=C4. The highest BCUT2D eigenvalue weighted by molar-refractivity contribution is 6.21. The average Bonchev–Trinajstić information content (AvgIpc) is 2.53. The van der Waals surface area contributed by atoms with Gasteiger partial charge in [-0.15, -0.1) is 0 Å². The van der Waals surface area contributed by atoms with Crippen molar-refractivity contribution < 1.29 is 9.90 Å². The predicted molar refractivity (Wildman–Crippen MR) is 94.8 cm³/mol. The number of carboxylic acid groups (broad SMARTS) is 1. The van der Waals surface area contributed by atoms with Crippen molar-refractivity contribution in [3.05, 3.63) is 71.3 Å². The zero-order valence-corrected chi connectivity index (χ0v) is 12.2. The molecule has 0 unspecified atom stereocenters. The third kappa shape index (κ3) is 1.55. The topological polar surface area (TPSA) is 37.3 Å². The van der Waals surface area contributed by atoms with Gasteiger partial charge in [0, 0.05) is 0 Å². The molecule has 1 aliphatic rings. The first-order valence-corrected chi connectivity index (χ1v) is 7.56. The van der Waals surface area contributed by atoms with Gasteiger partial charge in [-0.3, -0.25) is 0 Å². The minimum absolute atomic E-state index is 0.351. The summed E-state index contributed by atoms with van der Waals surface area (Å²) in [5, 5.41) is 15.9. The molecule has 0 fully saturated rings. The zero-order chi connectivity index (χ0) is 15.6. The van der Waals surface area contributed by atoms with Crippen molar-refractivity contribution >= 4 is 50.4 Å². The van der Waals surface area contributed by atoms with Crippen LogP contribution in [0.2, 0.25) is 0 Å². The lowest BCUT2D eigenvalue weighted by Crippen LogP contribution is -1.97. The molecule has 4 aromatic rings. The van der Waals surface area contributed by atoms with Gasteiger partial charge < -0.3 is 5.11 Å². The Balaban J connectivity index is 1.97. The number of benzene rings is 4. The minimum Gasteiger partial charge on any atom is -0.478 e. The Morgan fingerprint density at radius 3 is 1.96 bits per heavy atom. The summed E-state index contributed by atoms with van der Waals surface area (Å²) in [4.78, 5) is 11.4. The fraction of sp³-hybridized carbons (Fsp3) is 0. The van der Waals surface area contributed by atoms with Crippen molar-refractivity contribution in [1.82, 2.24) is 0 Å². The first-order valence-electron chi connectivity index (χ1n) is 7.56. The van der Waals surface area contributed by atoms with Crippen molar-refractivity contribution in [2.45, 2.75) is 0 Å². The molecule has 4 aromatic carbocycles. The lowest BCUT2D eigenvalue weighted by Gasteiger charge is -2.16.